The number of aryl methyl sites for hydroxylation is 1. The highest BCUT2D eigenvalue weighted by Crippen LogP contribution is 2.13. The van der Waals surface area contributed by atoms with Crippen molar-refractivity contribution in [1.82, 2.24) is 15.3 Å². The molecule has 3 heteroatoms. The fourth-order valence-corrected chi connectivity index (χ4v) is 1.74. The third-order valence-corrected chi connectivity index (χ3v) is 2.77. The van der Waals surface area contributed by atoms with Crippen molar-refractivity contribution in [2.45, 2.75) is 26.4 Å². The van der Waals surface area contributed by atoms with Crippen LogP contribution >= 0.6 is 0 Å². The number of nitrogens with one attached hydrogen (secondary N) is 1. The summed E-state index contributed by atoms with van der Waals surface area (Å²) in [7, 11) is 0. The Bertz CT molecular complexity index is 468. The largest absolute Gasteiger partial charge is 0.305 e. The number of benzene rings is 1. The van der Waals surface area contributed by atoms with Gasteiger partial charge in [-0.05, 0) is 25.5 Å². The van der Waals surface area contributed by atoms with Crippen LogP contribution in [0, 0.1) is 6.92 Å². The second kappa shape index (κ2) is 5.55. The predicted molar refractivity (Wildman–Crippen MR) is 68.5 cm³/mol. The van der Waals surface area contributed by atoms with E-state index >= 15 is 0 Å². The van der Waals surface area contributed by atoms with Gasteiger partial charge in [-0.15, -0.1) is 0 Å². The molecule has 88 valence electrons. The van der Waals surface area contributed by atoms with Crippen LogP contribution in [0.15, 0.2) is 42.9 Å². The normalized spacial score (nSPS) is 12.4. The van der Waals surface area contributed by atoms with Gasteiger partial charge in [-0.2, -0.15) is 0 Å². The molecule has 1 heterocycles. The molecule has 2 rings (SSSR count). The Morgan fingerprint density at radius 1 is 1.29 bits per heavy atom. The van der Waals surface area contributed by atoms with Crippen molar-refractivity contribution in [2.75, 3.05) is 0 Å². The van der Waals surface area contributed by atoms with E-state index in [2.05, 4.69) is 53.4 Å². The molecular weight excluding hydrogens is 210 g/mol. The molecule has 0 aliphatic heterocycles. The lowest BCUT2D eigenvalue weighted by atomic mass is 10.1. The molecule has 0 unspecified atom stereocenters. The molecule has 0 radical (unpaired) electrons. The Balaban J connectivity index is 1.96. The fraction of sp³-hybridized carbons (Fsp3) is 0.286. The van der Waals surface area contributed by atoms with Gasteiger partial charge in [0, 0.05) is 18.8 Å². The van der Waals surface area contributed by atoms with Gasteiger partial charge in [-0.25, -0.2) is 9.97 Å². The minimum atomic E-state index is 0.324. The van der Waals surface area contributed by atoms with Crippen molar-refractivity contribution in [3.05, 3.63) is 59.7 Å². The summed E-state index contributed by atoms with van der Waals surface area (Å²) < 4.78 is 0. The highest BCUT2D eigenvalue weighted by molar-refractivity contribution is 5.24. The van der Waals surface area contributed by atoms with E-state index in [1.54, 1.807) is 12.5 Å². The molecule has 0 aliphatic rings. The average molecular weight is 227 g/mol. The molecule has 17 heavy (non-hydrogen) atoms. The maximum absolute atomic E-state index is 4.19. The molecule has 1 atom stereocenters. The van der Waals surface area contributed by atoms with Gasteiger partial charge in [0.05, 0.1) is 5.69 Å². The number of aromatic nitrogens is 2. The second-order valence-corrected chi connectivity index (χ2v) is 4.22. The van der Waals surface area contributed by atoms with E-state index in [9.17, 15) is 0 Å². The molecule has 0 spiro atoms. The van der Waals surface area contributed by atoms with Crippen LogP contribution in [0.3, 0.4) is 0 Å². The first-order valence-corrected chi connectivity index (χ1v) is 5.80. The Labute approximate surface area is 102 Å². The molecule has 0 aliphatic carbocycles. The Hall–Kier alpha value is -1.74. The molecule has 1 aromatic carbocycles. The van der Waals surface area contributed by atoms with Gasteiger partial charge in [0.1, 0.15) is 6.33 Å². The van der Waals surface area contributed by atoms with Crippen LogP contribution in [-0.4, -0.2) is 9.97 Å². The zero-order chi connectivity index (χ0) is 12.1. The number of nitrogens with zero attached hydrogens (tertiary/aromatic N) is 2. The summed E-state index contributed by atoms with van der Waals surface area (Å²) in [6.07, 6.45) is 3.34. The van der Waals surface area contributed by atoms with E-state index in [0.717, 1.165) is 12.2 Å². The van der Waals surface area contributed by atoms with E-state index < -0.39 is 0 Å². The minimum absolute atomic E-state index is 0.324. The molecule has 1 aromatic heterocycles. The van der Waals surface area contributed by atoms with Crippen molar-refractivity contribution < 1.29 is 0 Å². The van der Waals surface area contributed by atoms with Crippen LogP contribution in [0.5, 0.6) is 0 Å². The average Bonchev–Trinajstić information content (AvgIpc) is 2.37. The smallest absolute Gasteiger partial charge is 0.115 e. The molecule has 0 saturated carbocycles. The monoisotopic (exact) mass is 227 g/mol. The zero-order valence-electron chi connectivity index (χ0n) is 10.2. The molecule has 2 aromatic rings. The molecule has 0 fully saturated rings. The van der Waals surface area contributed by atoms with E-state index in [-0.39, 0.29) is 0 Å². The maximum Gasteiger partial charge on any atom is 0.115 e. The quantitative estimate of drug-likeness (QED) is 0.872. The Kier molecular flexibility index (Phi) is 3.83. The van der Waals surface area contributed by atoms with Gasteiger partial charge >= 0.3 is 0 Å². The summed E-state index contributed by atoms with van der Waals surface area (Å²) in [6, 6.07) is 10.8. The molecule has 1 N–H and O–H groups in total. The van der Waals surface area contributed by atoms with Gasteiger partial charge < -0.3 is 5.32 Å². The van der Waals surface area contributed by atoms with Crippen LogP contribution in [0.1, 0.15) is 29.8 Å². The third kappa shape index (κ3) is 3.36. The Morgan fingerprint density at radius 2 is 2.18 bits per heavy atom. The van der Waals surface area contributed by atoms with Crippen LogP contribution in [0.4, 0.5) is 0 Å². The number of rotatable bonds is 4. The zero-order valence-corrected chi connectivity index (χ0v) is 10.2. The maximum atomic E-state index is 4.19. The van der Waals surface area contributed by atoms with Gasteiger partial charge in [-0.3, -0.25) is 0 Å². The van der Waals surface area contributed by atoms with E-state index in [0.29, 0.717) is 6.04 Å². The minimum Gasteiger partial charge on any atom is -0.305 e. The summed E-state index contributed by atoms with van der Waals surface area (Å²) >= 11 is 0. The Morgan fingerprint density at radius 3 is 2.88 bits per heavy atom. The lowest BCUT2D eigenvalue weighted by Gasteiger charge is -2.14. The molecule has 0 saturated heterocycles. The number of hydrogen-bond donors (Lipinski definition) is 1. The highest BCUT2D eigenvalue weighted by atomic mass is 14.9. The van der Waals surface area contributed by atoms with Gasteiger partial charge in [0.2, 0.25) is 0 Å². The SMILES string of the molecule is Cc1cccc([C@H](C)NCc2ccncn2)c1. The van der Waals surface area contributed by atoms with Crippen LogP contribution in [-0.2, 0) is 6.54 Å². The van der Waals surface area contributed by atoms with Gasteiger partial charge in [0.25, 0.3) is 0 Å². The second-order valence-electron chi connectivity index (χ2n) is 4.22. The molecule has 0 amide bonds. The molecule has 0 bridgehead atoms. The first kappa shape index (κ1) is 11.7. The van der Waals surface area contributed by atoms with Crippen molar-refractivity contribution in [3.8, 4) is 0 Å². The summed E-state index contributed by atoms with van der Waals surface area (Å²) in [4.78, 5) is 8.09. The topological polar surface area (TPSA) is 37.8 Å². The van der Waals surface area contributed by atoms with Crippen LogP contribution < -0.4 is 5.32 Å². The van der Waals surface area contributed by atoms with E-state index in [4.69, 9.17) is 0 Å². The third-order valence-electron chi connectivity index (χ3n) is 2.77. The van der Waals surface area contributed by atoms with Gasteiger partial charge in [0.15, 0.2) is 0 Å². The summed E-state index contributed by atoms with van der Waals surface area (Å²) in [6.45, 7) is 5.04. The lowest BCUT2D eigenvalue weighted by Crippen LogP contribution is -2.18. The van der Waals surface area contributed by atoms with Crippen LogP contribution in [0.25, 0.3) is 0 Å². The van der Waals surface area contributed by atoms with Crippen molar-refractivity contribution in [1.29, 1.82) is 0 Å². The molecule has 3 nitrogen and oxygen atoms in total. The summed E-state index contributed by atoms with van der Waals surface area (Å²) in [5.74, 6) is 0. The number of hydrogen-bond acceptors (Lipinski definition) is 3. The van der Waals surface area contributed by atoms with Crippen molar-refractivity contribution >= 4 is 0 Å². The first-order valence-electron chi connectivity index (χ1n) is 5.80. The molecular formula is C14H17N3. The fourth-order valence-electron chi connectivity index (χ4n) is 1.74. The van der Waals surface area contributed by atoms with Crippen molar-refractivity contribution in [2.24, 2.45) is 0 Å². The summed E-state index contributed by atoms with van der Waals surface area (Å²) in [5, 5.41) is 3.45. The van der Waals surface area contributed by atoms with E-state index in [1.165, 1.54) is 11.1 Å². The highest BCUT2D eigenvalue weighted by Gasteiger charge is 2.04. The first-order chi connectivity index (χ1) is 8.25. The summed E-state index contributed by atoms with van der Waals surface area (Å²) in [5.41, 5.74) is 3.61. The standard InChI is InChI=1S/C14H17N3/c1-11-4-3-5-13(8-11)12(2)16-9-14-6-7-15-10-17-14/h3-8,10,12,16H,9H2,1-2H3/t12-/m0/s1. The van der Waals surface area contributed by atoms with Crippen LogP contribution in [0.2, 0.25) is 0 Å². The predicted octanol–water partition coefficient (Wildman–Crippen LogP) is 2.64. The van der Waals surface area contributed by atoms with E-state index in [1.807, 2.05) is 6.07 Å². The lowest BCUT2D eigenvalue weighted by molar-refractivity contribution is 0.567. The van der Waals surface area contributed by atoms with Gasteiger partial charge in [-0.1, -0.05) is 29.8 Å². The van der Waals surface area contributed by atoms with Crippen molar-refractivity contribution in [3.63, 3.8) is 0 Å².